The molecule has 0 spiro atoms. The second-order valence-electron chi connectivity index (χ2n) is 6.97. The molecule has 1 unspecified atom stereocenters. The zero-order chi connectivity index (χ0) is 18.2. The second-order valence-corrected chi connectivity index (χ2v) is 6.97. The third-order valence-corrected chi connectivity index (χ3v) is 5.16. The molecule has 1 amide bonds. The first-order valence-corrected chi connectivity index (χ1v) is 9.19. The van der Waals surface area contributed by atoms with Crippen LogP contribution in [0, 0.1) is 0 Å². The van der Waals surface area contributed by atoms with E-state index in [1.165, 1.54) is 0 Å². The average Bonchev–Trinajstić information content (AvgIpc) is 3.34. The van der Waals surface area contributed by atoms with Gasteiger partial charge in [-0.3, -0.25) is 4.79 Å². The molecule has 0 radical (unpaired) electrons. The highest BCUT2D eigenvalue weighted by atomic mass is 16.1. The van der Waals surface area contributed by atoms with Crippen LogP contribution < -0.4 is 10.2 Å². The minimum atomic E-state index is -0.0625. The smallest absolute Gasteiger partial charge is 0.268 e. The topological polar surface area (TPSA) is 89.7 Å². The zero-order valence-corrected chi connectivity index (χ0v) is 14.8. The Kier molecular flexibility index (Phi) is 3.78. The van der Waals surface area contributed by atoms with Gasteiger partial charge in [0.05, 0.1) is 5.39 Å². The molecule has 27 heavy (non-hydrogen) atoms. The van der Waals surface area contributed by atoms with Crippen molar-refractivity contribution in [1.82, 2.24) is 25.3 Å². The first-order chi connectivity index (χ1) is 13.3. The monoisotopic (exact) mass is 360 g/mol. The molecule has 0 bridgehead atoms. The van der Waals surface area contributed by atoms with Crippen LogP contribution in [0.5, 0.6) is 0 Å². The van der Waals surface area contributed by atoms with Gasteiger partial charge in [-0.2, -0.15) is 0 Å². The van der Waals surface area contributed by atoms with Gasteiger partial charge in [-0.25, -0.2) is 9.97 Å². The number of carbonyl (C=O) groups is 1. The Morgan fingerprint density at radius 3 is 3.07 bits per heavy atom. The van der Waals surface area contributed by atoms with Crippen LogP contribution in [0.1, 0.15) is 23.3 Å². The minimum Gasteiger partial charge on any atom is -0.354 e. The summed E-state index contributed by atoms with van der Waals surface area (Å²) < 4.78 is 0. The van der Waals surface area contributed by atoms with Crippen molar-refractivity contribution >= 4 is 33.7 Å². The van der Waals surface area contributed by atoms with Gasteiger partial charge < -0.3 is 20.2 Å². The number of amides is 1. The van der Waals surface area contributed by atoms with Gasteiger partial charge in [0, 0.05) is 36.2 Å². The van der Waals surface area contributed by atoms with Crippen LogP contribution in [-0.4, -0.2) is 45.0 Å². The summed E-state index contributed by atoms with van der Waals surface area (Å²) in [5, 5.41) is 5.23. The fourth-order valence-corrected chi connectivity index (χ4v) is 3.86. The number of piperidine rings is 1. The van der Waals surface area contributed by atoms with Gasteiger partial charge in [0.15, 0.2) is 0 Å². The number of anilines is 1. The molecule has 3 N–H and O–H groups in total. The molecule has 7 nitrogen and oxygen atoms in total. The number of hydrogen-bond acceptors (Lipinski definition) is 4. The number of aromatic nitrogens is 4. The standard InChI is InChI=1S/C20H20N6O/c27-20(17-10-13-4-1-2-6-16(13)25-17)24-14-5-3-9-26(11-14)19-15-7-8-21-18(15)22-12-23-19/h1-2,4,6-8,10,12,14,25H,3,5,9,11H2,(H,24,27)(H,21,22,23). The number of nitrogens with zero attached hydrogens (tertiary/aromatic N) is 3. The van der Waals surface area contributed by atoms with Gasteiger partial charge in [-0.05, 0) is 31.0 Å². The number of benzene rings is 1. The highest BCUT2D eigenvalue weighted by Gasteiger charge is 2.24. The first-order valence-electron chi connectivity index (χ1n) is 9.19. The molecule has 1 fully saturated rings. The van der Waals surface area contributed by atoms with Gasteiger partial charge in [-0.1, -0.05) is 18.2 Å². The zero-order valence-electron chi connectivity index (χ0n) is 14.8. The van der Waals surface area contributed by atoms with E-state index in [1.54, 1.807) is 6.33 Å². The van der Waals surface area contributed by atoms with Crippen molar-refractivity contribution in [2.75, 3.05) is 18.0 Å². The summed E-state index contributed by atoms with van der Waals surface area (Å²) >= 11 is 0. The van der Waals surface area contributed by atoms with Crippen LogP contribution in [0.25, 0.3) is 21.9 Å². The summed E-state index contributed by atoms with van der Waals surface area (Å²) in [7, 11) is 0. The van der Waals surface area contributed by atoms with E-state index in [0.29, 0.717) is 5.69 Å². The molecule has 7 heteroatoms. The number of fused-ring (bicyclic) bond motifs is 2. The number of carbonyl (C=O) groups excluding carboxylic acids is 1. The van der Waals surface area contributed by atoms with Crippen LogP contribution in [0.15, 0.2) is 48.9 Å². The highest BCUT2D eigenvalue weighted by Crippen LogP contribution is 2.25. The third-order valence-electron chi connectivity index (χ3n) is 5.16. The van der Waals surface area contributed by atoms with Gasteiger partial charge in [0.2, 0.25) is 0 Å². The lowest BCUT2D eigenvalue weighted by atomic mass is 10.1. The van der Waals surface area contributed by atoms with Gasteiger partial charge in [-0.15, -0.1) is 0 Å². The maximum absolute atomic E-state index is 12.7. The lowest BCUT2D eigenvalue weighted by molar-refractivity contribution is 0.0929. The normalized spacial score (nSPS) is 17.5. The summed E-state index contributed by atoms with van der Waals surface area (Å²) in [5.41, 5.74) is 2.41. The van der Waals surface area contributed by atoms with Crippen molar-refractivity contribution in [3.05, 3.63) is 54.6 Å². The Morgan fingerprint density at radius 2 is 2.15 bits per heavy atom. The molecule has 0 aliphatic carbocycles. The SMILES string of the molecule is O=C(NC1CCCN(c2ncnc3[nH]ccc23)C1)c1cc2ccccc2[nH]1. The Balaban J connectivity index is 1.33. The summed E-state index contributed by atoms with van der Waals surface area (Å²) in [4.78, 5) is 30.0. The van der Waals surface area contributed by atoms with E-state index in [1.807, 2.05) is 42.6 Å². The van der Waals surface area contributed by atoms with Crippen LogP contribution in [0.3, 0.4) is 0 Å². The fourth-order valence-electron chi connectivity index (χ4n) is 3.86. The number of hydrogen-bond donors (Lipinski definition) is 3. The molecule has 1 aliphatic heterocycles. The van der Waals surface area contributed by atoms with Crippen molar-refractivity contribution in [3.63, 3.8) is 0 Å². The number of para-hydroxylation sites is 1. The Labute approximate surface area is 155 Å². The molecule has 4 heterocycles. The number of nitrogens with one attached hydrogen (secondary N) is 3. The predicted molar refractivity (Wildman–Crippen MR) is 105 cm³/mol. The van der Waals surface area contributed by atoms with E-state index < -0.39 is 0 Å². The van der Waals surface area contributed by atoms with E-state index in [2.05, 4.69) is 30.2 Å². The molecule has 5 rings (SSSR count). The van der Waals surface area contributed by atoms with Crippen molar-refractivity contribution in [2.45, 2.75) is 18.9 Å². The number of aromatic amines is 2. The van der Waals surface area contributed by atoms with Crippen molar-refractivity contribution in [1.29, 1.82) is 0 Å². The summed E-state index contributed by atoms with van der Waals surface area (Å²) in [6, 6.07) is 11.9. The van der Waals surface area contributed by atoms with Crippen LogP contribution in [0.4, 0.5) is 5.82 Å². The van der Waals surface area contributed by atoms with Crippen LogP contribution >= 0.6 is 0 Å². The lowest BCUT2D eigenvalue weighted by Crippen LogP contribution is -2.48. The molecule has 0 saturated carbocycles. The fraction of sp³-hybridized carbons (Fsp3) is 0.250. The lowest BCUT2D eigenvalue weighted by Gasteiger charge is -2.34. The Morgan fingerprint density at radius 1 is 1.22 bits per heavy atom. The second kappa shape index (κ2) is 6.42. The summed E-state index contributed by atoms with van der Waals surface area (Å²) in [5.74, 6) is 0.860. The average molecular weight is 360 g/mol. The van der Waals surface area contributed by atoms with E-state index in [-0.39, 0.29) is 11.9 Å². The Hall–Kier alpha value is -3.35. The largest absolute Gasteiger partial charge is 0.354 e. The molecule has 1 atom stereocenters. The molecule has 3 aromatic heterocycles. The minimum absolute atomic E-state index is 0.0625. The first kappa shape index (κ1) is 15.9. The van der Waals surface area contributed by atoms with E-state index in [0.717, 1.165) is 53.7 Å². The van der Waals surface area contributed by atoms with Gasteiger partial charge in [0.25, 0.3) is 5.91 Å². The van der Waals surface area contributed by atoms with Gasteiger partial charge in [0.1, 0.15) is 23.5 Å². The van der Waals surface area contributed by atoms with Crippen LogP contribution in [-0.2, 0) is 0 Å². The van der Waals surface area contributed by atoms with Crippen molar-refractivity contribution in [2.24, 2.45) is 0 Å². The maximum atomic E-state index is 12.7. The third kappa shape index (κ3) is 2.91. The van der Waals surface area contributed by atoms with E-state index in [9.17, 15) is 4.79 Å². The summed E-state index contributed by atoms with van der Waals surface area (Å²) in [6.45, 7) is 1.67. The Bertz CT molecular complexity index is 1080. The number of rotatable bonds is 3. The van der Waals surface area contributed by atoms with Gasteiger partial charge >= 0.3 is 0 Å². The maximum Gasteiger partial charge on any atom is 0.268 e. The summed E-state index contributed by atoms with van der Waals surface area (Å²) in [6.07, 6.45) is 5.43. The molecule has 1 saturated heterocycles. The quantitative estimate of drug-likeness (QED) is 0.524. The van der Waals surface area contributed by atoms with Crippen molar-refractivity contribution < 1.29 is 4.79 Å². The molecule has 1 aliphatic rings. The highest BCUT2D eigenvalue weighted by molar-refractivity contribution is 5.98. The molecular weight excluding hydrogens is 340 g/mol. The molecule has 136 valence electrons. The molecular formula is C20H20N6O. The van der Waals surface area contributed by atoms with Crippen molar-refractivity contribution in [3.8, 4) is 0 Å². The van der Waals surface area contributed by atoms with E-state index in [4.69, 9.17) is 0 Å². The molecule has 4 aromatic rings. The molecule has 1 aromatic carbocycles. The number of H-pyrrole nitrogens is 2. The predicted octanol–water partition coefficient (Wildman–Crippen LogP) is 2.84. The van der Waals surface area contributed by atoms with Crippen LogP contribution in [0.2, 0.25) is 0 Å². The van der Waals surface area contributed by atoms with E-state index >= 15 is 0 Å².